The van der Waals surface area contributed by atoms with E-state index in [2.05, 4.69) is 11.3 Å². The predicted molar refractivity (Wildman–Crippen MR) is 70.7 cm³/mol. The van der Waals surface area contributed by atoms with E-state index in [1.165, 1.54) is 7.11 Å². The number of ether oxygens (including phenoxy) is 1. The van der Waals surface area contributed by atoms with Crippen molar-refractivity contribution < 1.29 is 14.3 Å². The van der Waals surface area contributed by atoms with Gasteiger partial charge in [0.05, 0.1) is 7.11 Å². The summed E-state index contributed by atoms with van der Waals surface area (Å²) in [6, 6.07) is 0. The third-order valence-corrected chi connectivity index (χ3v) is 1.54. The van der Waals surface area contributed by atoms with E-state index in [9.17, 15) is 9.59 Å². The van der Waals surface area contributed by atoms with Crippen molar-refractivity contribution in [2.45, 2.75) is 20.3 Å². The smallest absolute Gasteiger partial charge is 0.332 e. The number of esters is 1. The first-order valence-electron chi connectivity index (χ1n) is 4.77. The van der Waals surface area contributed by atoms with Gasteiger partial charge in [0, 0.05) is 11.1 Å². The molecule has 0 radical (unpaired) electrons. The van der Waals surface area contributed by atoms with E-state index < -0.39 is 0 Å². The van der Waals surface area contributed by atoms with E-state index in [1.54, 1.807) is 19.9 Å². The maximum atomic E-state index is 10.3. The summed E-state index contributed by atoms with van der Waals surface area (Å²) in [6.45, 7) is 7.19. The molecule has 17 heavy (non-hydrogen) atoms. The minimum Gasteiger partial charge on any atom is -0.466 e. The lowest BCUT2D eigenvalue weighted by Crippen LogP contribution is -2.11. The number of rotatable bonds is 4. The van der Waals surface area contributed by atoms with Crippen LogP contribution in [-0.4, -0.2) is 25.5 Å². The molecule has 0 aromatic rings. The number of nitrogens with two attached hydrogens (primary N) is 2. The average Bonchev–Trinajstić information content (AvgIpc) is 2.25. The number of halogens is 1. The normalized spacial score (nSPS) is 9.29. The van der Waals surface area contributed by atoms with E-state index in [4.69, 9.17) is 11.5 Å². The molecule has 0 heterocycles. The second-order valence-electron chi connectivity index (χ2n) is 3.10. The van der Waals surface area contributed by atoms with Gasteiger partial charge in [-0.1, -0.05) is 12.7 Å². The first-order chi connectivity index (χ1) is 7.36. The summed E-state index contributed by atoms with van der Waals surface area (Å²) in [6.07, 6.45) is 2.46. The molecule has 0 fully saturated rings. The van der Waals surface area contributed by atoms with Crippen LogP contribution >= 0.6 is 12.4 Å². The lowest BCUT2D eigenvalue weighted by molar-refractivity contribution is -0.136. The molecule has 6 heteroatoms. The van der Waals surface area contributed by atoms with Gasteiger partial charge in [-0.05, 0) is 26.8 Å². The second-order valence-corrected chi connectivity index (χ2v) is 3.10. The molecule has 5 nitrogen and oxygen atoms in total. The Balaban J connectivity index is -0.000000224. The fourth-order valence-electron chi connectivity index (χ4n) is 0.575. The Morgan fingerprint density at radius 1 is 1.35 bits per heavy atom. The van der Waals surface area contributed by atoms with E-state index in [0.29, 0.717) is 17.7 Å². The molecule has 0 unspecified atom stereocenters. The van der Waals surface area contributed by atoms with Crippen molar-refractivity contribution in [1.29, 1.82) is 0 Å². The van der Waals surface area contributed by atoms with Gasteiger partial charge in [-0.3, -0.25) is 4.79 Å². The van der Waals surface area contributed by atoms with Gasteiger partial charge in [0.15, 0.2) is 0 Å². The highest BCUT2D eigenvalue weighted by molar-refractivity contribution is 5.91. The van der Waals surface area contributed by atoms with Crippen LogP contribution in [-0.2, 0) is 14.3 Å². The van der Waals surface area contributed by atoms with Gasteiger partial charge in [0.25, 0.3) is 0 Å². The second kappa shape index (κ2) is 12.7. The summed E-state index contributed by atoms with van der Waals surface area (Å²) in [5, 5.41) is 0. The van der Waals surface area contributed by atoms with E-state index in [1.807, 2.05) is 0 Å². The topological polar surface area (TPSA) is 95.4 Å². The number of carbonyl (C=O) groups excluding carboxylic acids is 2. The van der Waals surface area contributed by atoms with Crippen LogP contribution in [0.15, 0.2) is 23.8 Å². The highest BCUT2D eigenvalue weighted by Crippen LogP contribution is 1.91. The molecule has 100 valence electrons. The molecular weight excluding hydrogens is 244 g/mol. The van der Waals surface area contributed by atoms with Crippen molar-refractivity contribution in [2.75, 3.05) is 13.7 Å². The van der Waals surface area contributed by atoms with Crippen LogP contribution in [0.1, 0.15) is 20.3 Å². The van der Waals surface area contributed by atoms with Crippen LogP contribution in [0.25, 0.3) is 0 Å². The van der Waals surface area contributed by atoms with Crippen molar-refractivity contribution in [3.63, 3.8) is 0 Å². The Morgan fingerprint density at radius 3 is 2.00 bits per heavy atom. The lowest BCUT2D eigenvalue weighted by atomic mass is 10.2. The predicted octanol–water partition coefficient (Wildman–Crippen LogP) is 0.924. The molecule has 0 bridgehead atoms. The molecule has 0 saturated heterocycles. The third-order valence-electron chi connectivity index (χ3n) is 1.54. The summed E-state index contributed by atoms with van der Waals surface area (Å²) in [7, 11) is 1.33. The standard InChI is InChI=1S/C6H12N2O.C5H8O2.ClH/c1-5(6(8)9)3-2-4-7;1-4(2)5(6)7-3;/h3H,2,4,7H2,1H3,(H2,8,9);1H2,2-3H3;1H. The molecule has 0 aromatic heterocycles. The number of primary amides is 1. The zero-order valence-electron chi connectivity index (χ0n) is 10.5. The van der Waals surface area contributed by atoms with Gasteiger partial charge < -0.3 is 16.2 Å². The zero-order chi connectivity index (χ0) is 13.1. The van der Waals surface area contributed by atoms with E-state index >= 15 is 0 Å². The molecule has 0 aliphatic heterocycles. The van der Waals surface area contributed by atoms with Gasteiger partial charge in [-0.25, -0.2) is 4.79 Å². The van der Waals surface area contributed by atoms with Gasteiger partial charge >= 0.3 is 5.97 Å². The van der Waals surface area contributed by atoms with Gasteiger partial charge in [0.2, 0.25) is 5.91 Å². The largest absolute Gasteiger partial charge is 0.466 e. The molecule has 0 rings (SSSR count). The van der Waals surface area contributed by atoms with Crippen LogP contribution in [0.5, 0.6) is 0 Å². The zero-order valence-corrected chi connectivity index (χ0v) is 11.3. The fourth-order valence-corrected chi connectivity index (χ4v) is 0.575. The summed E-state index contributed by atoms with van der Waals surface area (Å²) in [4.78, 5) is 20.5. The van der Waals surface area contributed by atoms with Crippen LogP contribution in [0.4, 0.5) is 0 Å². The fraction of sp³-hybridized carbons (Fsp3) is 0.455. The third kappa shape index (κ3) is 14.7. The first-order valence-corrected chi connectivity index (χ1v) is 4.77. The van der Waals surface area contributed by atoms with Gasteiger partial charge in [-0.2, -0.15) is 0 Å². The van der Waals surface area contributed by atoms with Crippen molar-refractivity contribution in [3.8, 4) is 0 Å². The summed E-state index contributed by atoms with van der Waals surface area (Å²) in [5.74, 6) is -0.719. The first kappa shape index (κ1) is 21.0. The summed E-state index contributed by atoms with van der Waals surface area (Å²) < 4.78 is 4.27. The molecule has 0 aliphatic carbocycles. The van der Waals surface area contributed by atoms with Gasteiger partial charge in [-0.15, -0.1) is 12.4 Å². The lowest BCUT2D eigenvalue weighted by Gasteiger charge is -1.91. The molecule has 0 saturated carbocycles. The van der Waals surface area contributed by atoms with Gasteiger partial charge in [0.1, 0.15) is 0 Å². The van der Waals surface area contributed by atoms with Crippen molar-refractivity contribution >= 4 is 24.3 Å². The van der Waals surface area contributed by atoms with E-state index in [0.717, 1.165) is 6.42 Å². The molecule has 0 aliphatic rings. The minimum absolute atomic E-state index is 0. The Labute approximate surface area is 108 Å². The molecular formula is C11H21ClN2O3. The highest BCUT2D eigenvalue weighted by atomic mass is 35.5. The van der Waals surface area contributed by atoms with Crippen molar-refractivity contribution in [3.05, 3.63) is 23.8 Å². The van der Waals surface area contributed by atoms with Crippen LogP contribution < -0.4 is 11.5 Å². The molecule has 0 spiro atoms. The maximum Gasteiger partial charge on any atom is 0.332 e. The number of hydrogen-bond donors (Lipinski definition) is 2. The van der Waals surface area contributed by atoms with Crippen LogP contribution in [0.3, 0.4) is 0 Å². The number of carbonyl (C=O) groups is 2. The molecule has 0 aromatic carbocycles. The van der Waals surface area contributed by atoms with Crippen molar-refractivity contribution in [2.24, 2.45) is 11.5 Å². The SMILES string of the molecule is C=C(C)C(=O)OC.CC(=CCCN)C(N)=O.Cl. The van der Waals surface area contributed by atoms with E-state index in [-0.39, 0.29) is 24.3 Å². The number of methoxy groups -OCH3 is 1. The van der Waals surface area contributed by atoms with Crippen molar-refractivity contribution in [1.82, 2.24) is 0 Å². The Bertz CT molecular complexity index is 288. The Morgan fingerprint density at radius 2 is 1.82 bits per heavy atom. The summed E-state index contributed by atoms with van der Waals surface area (Å²) in [5.41, 5.74) is 11.1. The van der Waals surface area contributed by atoms with Crippen LogP contribution in [0.2, 0.25) is 0 Å². The average molecular weight is 265 g/mol. The summed E-state index contributed by atoms with van der Waals surface area (Å²) >= 11 is 0. The Kier molecular flexibility index (Phi) is 15.7. The minimum atomic E-state index is -0.372. The number of hydrogen-bond acceptors (Lipinski definition) is 4. The maximum absolute atomic E-state index is 10.3. The molecule has 4 N–H and O–H groups in total. The Hall–Kier alpha value is -1.33. The molecule has 0 atom stereocenters. The highest BCUT2D eigenvalue weighted by Gasteiger charge is 1.95. The number of amides is 1. The molecule has 1 amide bonds. The van der Waals surface area contributed by atoms with Crippen LogP contribution in [0, 0.1) is 0 Å². The monoisotopic (exact) mass is 264 g/mol. The quantitative estimate of drug-likeness (QED) is 0.583.